The van der Waals surface area contributed by atoms with Crippen molar-refractivity contribution in [2.75, 3.05) is 41.0 Å². The van der Waals surface area contributed by atoms with E-state index >= 15 is 0 Å². The molecule has 1 saturated carbocycles. The topological polar surface area (TPSA) is 106 Å². The van der Waals surface area contributed by atoms with Crippen LogP contribution in [0.5, 0.6) is 0 Å². The average Bonchev–Trinajstić information content (AvgIpc) is 3.44. The Bertz CT molecular complexity index is 811. The molecule has 2 fully saturated rings. The predicted molar refractivity (Wildman–Crippen MR) is 111 cm³/mol. The number of ether oxygens (including phenoxy) is 2. The molecule has 0 unspecified atom stereocenters. The van der Waals surface area contributed by atoms with Crippen LogP contribution in [0.3, 0.4) is 0 Å². The van der Waals surface area contributed by atoms with Gasteiger partial charge in [0.2, 0.25) is 0 Å². The average molecular weight is 427 g/mol. The van der Waals surface area contributed by atoms with E-state index < -0.39 is 25.0 Å². The molecule has 4 rings (SSSR count). The van der Waals surface area contributed by atoms with Crippen molar-refractivity contribution >= 4 is 17.1 Å². The molecule has 0 spiro atoms. The molecule has 2 aromatic rings. The Labute approximate surface area is 175 Å². The summed E-state index contributed by atoms with van der Waals surface area (Å²) in [7, 11) is 4.75. The van der Waals surface area contributed by atoms with Crippen molar-refractivity contribution in [2.45, 2.75) is 37.8 Å². The van der Waals surface area contributed by atoms with Crippen molar-refractivity contribution in [3.05, 3.63) is 29.6 Å². The van der Waals surface area contributed by atoms with E-state index in [1.165, 1.54) is 7.05 Å². The second kappa shape index (κ2) is 11.2. The number of imidazole rings is 1. The first-order valence-electron chi connectivity index (χ1n) is 9.88. The number of rotatable bonds is 6. The van der Waals surface area contributed by atoms with Crippen molar-refractivity contribution in [3.63, 3.8) is 0 Å². The van der Waals surface area contributed by atoms with Crippen LogP contribution in [0.15, 0.2) is 18.2 Å². The number of H-pyrrole nitrogens is 1. The van der Waals surface area contributed by atoms with E-state index in [1.807, 2.05) is 18.2 Å². The fraction of sp³-hybridized carbons (Fsp3) is 0.600. The molecule has 1 aliphatic carbocycles. The number of fused-ring (bicyclic) bond motifs is 1. The zero-order valence-corrected chi connectivity index (χ0v) is 17.7. The van der Waals surface area contributed by atoms with Gasteiger partial charge in [0.1, 0.15) is 5.82 Å². The first-order chi connectivity index (χ1) is 14.4. The van der Waals surface area contributed by atoms with Gasteiger partial charge in [-0.25, -0.2) is 18.6 Å². The first kappa shape index (κ1) is 24.0. The molecule has 0 atom stereocenters. The van der Waals surface area contributed by atoms with Crippen molar-refractivity contribution in [1.82, 2.24) is 20.2 Å². The van der Waals surface area contributed by atoms with E-state index in [4.69, 9.17) is 4.74 Å². The Morgan fingerprint density at radius 2 is 2.00 bits per heavy atom. The highest BCUT2D eigenvalue weighted by molar-refractivity contribution is 5.77. The summed E-state index contributed by atoms with van der Waals surface area (Å²) < 4.78 is 36.8. The lowest BCUT2D eigenvalue weighted by Crippen LogP contribution is -2.56. The molecule has 2 amide bonds. The maximum atomic E-state index is 13.5. The number of nitrogens with one attached hydrogen (secondary N) is 2. The van der Waals surface area contributed by atoms with Gasteiger partial charge in [0.25, 0.3) is 5.92 Å². The molecule has 4 N–H and O–H groups in total. The normalized spacial score (nSPS) is 17.5. The number of aromatic amines is 1. The summed E-state index contributed by atoms with van der Waals surface area (Å²) in [4.78, 5) is 20.7. The van der Waals surface area contributed by atoms with Crippen LogP contribution in [0, 0.1) is 0 Å². The molecule has 10 heteroatoms. The van der Waals surface area contributed by atoms with Crippen molar-refractivity contribution < 1.29 is 23.0 Å². The summed E-state index contributed by atoms with van der Waals surface area (Å²) in [5, 5.41) is 2.22. The SMILES string of the molecule is CN.COC.O=C1NCC(F)(F)CN1Cc1ccc2nc(CCOC3CC3)[nH]c2c1. The zero-order chi connectivity index (χ0) is 22.1. The summed E-state index contributed by atoms with van der Waals surface area (Å²) in [5.74, 6) is -2.06. The van der Waals surface area contributed by atoms with E-state index in [0.29, 0.717) is 19.1 Å². The third-order valence-corrected chi connectivity index (χ3v) is 4.39. The molecule has 1 saturated heterocycles. The second-order valence-electron chi connectivity index (χ2n) is 7.13. The smallest absolute Gasteiger partial charge is 0.318 e. The van der Waals surface area contributed by atoms with Crippen LogP contribution in [-0.2, 0) is 22.4 Å². The Balaban J connectivity index is 0.000000590. The predicted octanol–water partition coefficient (Wildman–Crippen LogP) is 2.28. The molecule has 1 aromatic carbocycles. The minimum Gasteiger partial charge on any atom is -0.388 e. The second-order valence-corrected chi connectivity index (χ2v) is 7.13. The number of methoxy groups -OCH3 is 1. The number of nitrogens with two attached hydrogens (primary N) is 1. The number of aromatic nitrogens is 2. The minimum absolute atomic E-state index is 0.135. The number of hydrogen-bond donors (Lipinski definition) is 3. The van der Waals surface area contributed by atoms with Gasteiger partial charge in [0.15, 0.2) is 0 Å². The van der Waals surface area contributed by atoms with Crippen LogP contribution in [0.2, 0.25) is 0 Å². The van der Waals surface area contributed by atoms with Crippen LogP contribution >= 0.6 is 0 Å². The maximum absolute atomic E-state index is 13.5. The van der Waals surface area contributed by atoms with E-state index in [0.717, 1.165) is 40.2 Å². The van der Waals surface area contributed by atoms with Gasteiger partial charge in [0.05, 0.1) is 36.8 Å². The van der Waals surface area contributed by atoms with Crippen LogP contribution in [0.1, 0.15) is 24.2 Å². The van der Waals surface area contributed by atoms with Crippen molar-refractivity contribution in [3.8, 4) is 0 Å². The van der Waals surface area contributed by atoms with E-state index in [9.17, 15) is 13.6 Å². The lowest BCUT2D eigenvalue weighted by Gasteiger charge is -2.32. The highest BCUT2D eigenvalue weighted by atomic mass is 19.3. The van der Waals surface area contributed by atoms with Gasteiger partial charge in [-0.15, -0.1) is 0 Å². The third-order valence-electron chi connectivity index (χ3n) is 4.39. The van der Waals surface area contributed by atoms with Gasteiger partial charge in [-0.1, -0.05) is 6.07 Å². The molecule has 0 radical (unpaired) electrons. The summed E-state index contributed by atoms with van der Waals surface area (Å²) in [5.41, 5.74) is 6.94. The molecule has 30 heavy (non-hydrogen) atoms. The highest BCUT2D eigenvalue weighted by Gasteiger charge is 2.38. The number of nitrogens with zero attached hydrogens (tertiary/aromatic N) is 2. The summed E-state index contributed by atoms with van der Waals surface area (Å²) >= 11 is 0. The molecule has 168 valence electrons. The number of hydrogen-bond acceptors (Lipinski definition) is 5. The van der Waals surface area contributed by atoms with Gasteiger partial charge in [0, 0.05) is 27.2 Å². The lowest BCUT2D eigenvalue weighted by molar-refractivity contribution is -0.0367. The number of amides is 2. The maximum Gasteiger partial charge on any atom is 0.318 e. The van der Waals surface area contributed by atoms with Crippen LogP contribution in [-0.4, -0.2) is 73.9 Å². The number of halogens is 2. The van der Waals surface area contributed by atoms with Gasteiger partial charge in [-0.2, -0.15) is 0 Å². The zero-order valence-electron chi connectivity index (χ0n) is 17.7. The van der Waals surface area contributed by atoms with Crippen LogP contribution in [0.25, 0.3) is 11.0 Å². The van der Waals surface area contributed by atoms with Gasteiger partial charge >= 0.3 is 6.03 Å². The van der Waals surface area contributed by atoms with E-state index in [1.54, 1.807) is 14.2 Å². The fourth-order valence-corrected chi connectivity index (χ4v) is 2.96. The molecule has 2 aliphatic rings. The molecule has 2 heterocycles. The van der Waals surface area contributed by atoms with Gasteiger partial charge < -0.3 is 30.4 Å². The van der Waals surface area contributed by atoms with Crippen LogP contribution in [0.4, 0.5) is 13.6 Å². The highest BCUT2D eigenvalue weighted by Crippen LogP contribution is 2.24. The number of benzene rings is 1. The Kier molecular flexibility index (Phi) is 8.94. The number of alkyl halides is 2. The number of urea groups is 1. The third kappa shape index (κ3) is 7.19. The summed E-state index contributed by atoms with van der Waals surface area (Å²) in [6.45, 7) is -0.394. The number of carbonyl (C=O) groups is 1. The molecule has 1 aromatic heterocycles. The molecular weight excluding hydrogens is 396 g/mol. The molecular formula is C20H31F2N5O3. The Morgan fingerprint density at radius 1 is 1.30 bits per heavy atom. The summed E-state index contributed by atoms with van der Waals surface area (Å²) in [6, 6.07) is 5.04. The van der Waals surface area contributed by atoms with Crippen molar-refractivity contribution in [2.24, 2.45) is 5.73 Å². The largest absolute Gasteiger partial charge is 0.388 e. The minimum atomic E-state index is -2.90. The molecule has 0 bridgehead atoms. The van der Waals surface area contributed by atoms with Crippen LogP contribution < -0.4 is 11.1 Å². The van der Waals surface area contributed by atoms with E-state index in [2.05, 4.69) is 25.8 Å². The summed E-state index contributed by atoms with van der Waals surface area (Å²) in [6.07, 6.45) is 3.42. The van der Waals surface area contributed by atoms with Gasteiger partial charge in [-0.05, 0) is 37.6 Å². The standard InChI is InChI=1S/C17H20F2N4O2.C2H6O.CH5N/c18-17(19)9-20-16(24)23(10-17)8-11-1-4-13-14(7-11)22-15(21-13)5-6-25-12-2-3-12;1-3-2;1-2/h1,4,7,12H,2-3,5-6,8-10H2,(H,20,24)(H,21,22);1-2H3;2H2,1H3. The Hall–Kier alpha value is -2.30. The number of carbonyl (C=O) groups excluding carboxylic acids is 1. The first-order valence-corrected chi connectivity index (χ1v) is 9.88. The Morgan fingerprint density at radius 3 is 2.67 bits per heavy atom. The fourth-order valence-electron chi connectivity index (χ4n) is 2.96. The molecule has 8 nitrogen and oxygen atoms in total. The van der Waals surface area contributed by atoms with Crippen molar-refractivity contribution in [1.29, 1.82) is 0 Å². The lowest BCUT2D eigenvalue weighted by atomic mass is 10.1. The van der Waals surface area contributed by atoms with E-state index in [-0.39, 0.29) is 6.54 Å². The monoisotopic (exact) mass is 427 g/mol. The molecule has 1 aliphatic heterocycles. The van der Waals surface area contributed by atoms with Gasteiger partial charge in [-0.3, -0.25) is 0 Å². The quantitative estimate of drug-likeness (QED) is 0.656.